The molecule has 2 heterocycles. The fourth-order valence-electron chi connectivity index (χ4n) is 1.90. The van der Waals surface area contributed by atoms with Gasteiger partial charge in [-0.25, -0.2) is 0 Å². The maximum absolute atomic E-state index is 11.7. The van der Waals surface area contributed by atoms with Crippen LogP contribution in [0.5, 0.6) is 0 Å². The molecule has 1 amide bonds. The summed E-state index contributed by atoms with van der Waals surface area (Å²) in [5.41, 5.74) is 0. The second-order valence-electron chi connectivity index (χ2n) is 4.63. The van der Waals surface area contributed by atoms with Crippen molar-refractivity contribution in [2.75, 3.05) is 11.9 Å². The Morgan fingerprint density at radius 3 is 3.11 bits per heavy atom. The molecule has 1 atom stereocenters. The van der Waals surface area contributed by atoms with E-state index in [2.05, 4.69) is 15.5 Å². The van der Waals surface area contributed by atoms with E-state index in [0.29, 0.717) is 5.95 Å². The highest BCUT2D eigenvalue weighted by atomic mass is 16.5. The van der Waals surface area contributed by atoms with Crippen LogP contribution in [0.2, 0.25) is 0 Å². The Hall–Kier alpha value is -1.43. The number of carbonyl (C=O) groups is 1. The molecule has 0 aromatic carbocycles. The standard InChI is InChI=1S/C12H20N4O2/c1-3-9(2)18-8-11(17)13-12-15-14-10-6-4-5-7-16(10)12/h9H,3-8H2,1-2H3,(H,13,15,17)/t9-/m1/s1. The Labute approximate surface area is 107 Å². The zero-order valence-corrected chi connectivity index (χ0v) is 11.0. The summed E-state index contributed by atoms with van der Waals surface area (Å²) in [7, 11) is 0. The lowest BCUT2D eigenvalue weighted by Gasteiger charge is -2.15. The first-order valence-corrected chi connectivity index (χ1v) is 6.54. The summed E-state index contributed by atoms with van der Waals surface area (Å²) in [6, 6.07) is 0. The van der Waals surface area contributed by atoms with Crippen molar-refractivity contribution >= 4 is 11.9 Å². The summed E-state index contributed by atoms with van der Waals surface area (Å²) >= 11 is 0. The summed E-state index contributed by atoms with van der Waals surface area (Å²) in [4.78, 5) is 11.7. The first-order valence-electron chi connectivity index (χ1n) is 6.54. The molecule has 6 heteroatoms. The predicted molar refractivity (Wildman–Crippen MR) is 67.3 cm³/mol. The molecule has 0 bridgehead atoms. The summed E-state index contributed by atoms with van der Waals surface area (Å²) in [6.45, 7) is 4.92. The number of anilines is 1. The van der Waals surface area contributed by atoms with Crippen LogP contribution in [0.3, 0.4) is 0 Å². The zero-order valence-electron chi connectivity index (χ0n) is 11.0. The van der Waals surface area contributed by atoms with E-state index in [1.165, 1.54) is 0 Å². The number of hydrogen-bond acceptors (Lipinski definition) is 4. The van der Waals surface area contributed by atoms with Gasteiger partial charge in [0, 0.05) is 13.0 Å². The lowest BCUT2D eigenvalue weighted by atomic mass is 10.2. The molecule has 0 spiro atoms. The third kappa shape index (κ3) is 3.07. The van der Waals surface area contributed by atoms with Gasteiger partial charge in [0.2, 0.25) is 5.95 Å². The molecule has 1 aromatic rings. The third-order valence-electron chi connectivity index (χ3n) is 3.18. The number of ether oxygens (including phenoxy) is 1. The Balaban J connectivity index is 1.89. The molecule has 0 radical (unpaired) electrons. The quantitative estimate of drug-likeness (QED) is 0.859. The highest BCUT2D eigenvalue weighted by molar-refractivity contribution is 5.90. The largest absolute Gasteiger partial charge is 0.369 e. The van der Waals surface area contributed by atoms with Crippen LogP contribution in [0.25, 0.3) is 0 Å². The highest BCUT2D eigenvalue weighted by Crippen LogP contribution is 2.16. The second kappa shape index (κ2) is 5.95. The van der Waals surface area contributed by atoms with Gasteiger partial charge < -0.3 is 4.74 Å². The minimum Gasteiger partial charge on any atom is -0.369 e. The summed E-state index contributed by atoms with van der Waals surface area (Å²) in [6.07, 6.45) is 4.18. The van der Waals surface area contributed by atoms with Gasteiger partial charge in [0.1, 0.15) is 12.4 Å². The van der Waals surface area contributed by atoms with Gasteiger partial charge in [0.15, 0.2) is 0 Å². The van der Waals surface area contributed by atoms with Gasteiger partial charge in [-0.1, -0.05) is 6.92 Å². The molecule has 1 aliphatic heterocycles. The van der Waals surface area contributed by atoms with Crippen molar-refractivity contribution in [3.05, 3.63) is 5.82 Å². The Bertz CT molecular complexity index is 416. The Kier molecular flexibility index (Phi) is 4.30. The zero-order chi connectivity index (χ0) is 13.0. The number of nitrogens with zero attached hydrogens (tertiary/aromatic N) is 3. The normalized spacial score (nSPS) is 16.1. The van der Waals surface area contributed by atoms with E-state index in [0.717, 1.165) is 38.1 Å². The second-order valence-corrected chi connectivity index (χ2v) is 4.63. The van der Waals surface area contributed by atoms with Crippen molar-refractivity contribution < 1.29 is 9.53 Å². The molecule has 0 saturated carbocycles. The van der Waals surface area contributed by atoms with Crippen LogP contribution in [0.1, 0.15) is 38.9 Å². The van der Waals surface area contributed by atoms with Crippen molar-refractivity contribution in [1.29, 1.82) is 0 Å². The van der Waals surface area contributed by atoms with Crippen LogP contribution >= 0.6 is 0 Å². The van der Waals surface area contributed by atoms with E-state index in [4.69, 9.17) is 4.74 Å². The topological polar surface area (TPSA) is 69.0 Å². The molecule has 6 nitrogen and oxygen atoms in total. The fourth-order valence-corrected chi connectivity index (χ4v) is 1.90. The molecule has 1 aliphatic rings. The smallest absolute Gasteiger partial charge is 0.252 e. The van der Waals surface area contributed by atoms with E-state index >= 15 is 0 Å². The maximum atomic E-state index is 11.7. The van der Waals surface area contributed by atoms with Crippen molar-refractivity contribution in [2.24, 2.45) is 0 Å². The molecular weight excluding hydrogens is 232 g/mol. The number of amides is 1. The van der Waals surface area contributed by atoms with E-state index < -0.39 is 0 Å². The summed E-state index contributed by atoms with van der Waals surface area (Å²) in [5, 5.41) is 10.8. The third-order valence-corrected chi connectivity index (χ3v) is 3.18. The van der Waals surface area contributed by atoms with E-state index in [1.54, 1.807) is 0 Å². The molecule has 2 rings (SSSR count). The van der Waals surface area contributed by atoms with E-state index in [1.807, 2.05) is 18.4 Å². The van der Waals surface area contributed by atoms with Gasteiger partial charge in [-0.05, 0) is 26.2 Å². The van der Waals surface area contributed by atoms with Crippen LogP contribution in [0.4, 0.5) is 5.95 Å². The predicted octanol–water partition coefficient (Wildman–Crippen LogP) is 1.37. The SMILES string of the molecule is CC[C@@H](C)OCC(=O)Nc1nnc2n1CCCC2. The monoisotopic (exact) mass is 252 g/mol. The van der Waals surface area contributed by atoms with E-state index in [9.17, 15) is 4.79 Å². The average Bonchev–Trinajstić information content (AvgIpc) is 2.79. The minimum atomic E-state index is -0.170. The molecule has 18 heavy (non-hydrogen) atoms. The lowest BCUT2D eigenvalue weighted by molar-refractivity contribution is -0.122. The van der Waals surface area contributed by atoms with Gasteiger partial charge >= 0.3 is 0 Å². The molecule has 0 aliphatic carbocycles. The van der Waals surface area contributed by atoms with Gasteiger partial charge in [0.05, 0.1) is 6.10 Å². The molecule has 0 saturated heterocycles. The number of aromatic nitrogens is 3. The molecule has 1 aromatic heterocycles. The van der Waals surface area contributed by atoms with Crippen molar-refractivity contribution in [2.45, 2.75) is 52.2 Å². The number of rotatable bonds is 5. The van der Waals surface area contributed by atoms with Crippen molar-refractivity contribution in [1.82, 2.24) is 14.8 Å². The first-order chi connectivity index (χ1) is 8.70. The molecule has 0 unspecified atom stereocenters. The summed E-state index contributed by atoms with van der Waals surface area (Å²) in [5.74, 6) is 1.33. The summed E-state index contributed by atoms with van der Waals surface area (Å²) < 4.78 is 7.35. The van der Waals surface area contributed by atoms with Gasteiger partial charge in [0.25, 0.3) is 5.91 Å². The Morgan fingerprint density at radius 1 is 1.50 bits per heavy atom. The number of carbonyl (C=O) groups excluding carboxylic acids is 1. The number of nitrogens with one attached hydrogen (secondary N) is 1. The Morgan fingerprint density at radius 2 is 2.33 bits per heavy atom. The van der Waals surface area contributed by atoms with Crippen LogP contribution in [-0.2, 0) is 22.5 Å². The maximum Gasteiger partial charge on any atom is 0.252 e. The lowest BCUT2D eigenvalue weighted by Crippen LogP contribution is -2.24. The first kappa shape index (κ1) is 13.0. The minimum absolute atomic E-state index is 0.0667. The van der Waals surface area contributed by atoms with Crippen LogP contribution in [0, 0.1) is 0 Å². The molecule has 0 fully saturated rings. The number of hydrogen-bond donors (Lipinski definition) is 1. The molecule has 100 valence electrons. The molecule has 1 N–H and O–H groups in total. The van der Waals surface area contributed by atoms with Gasteiger partial charge in [-0.2, -0.15) is 0 Å². The van der Waals surface area contributed by atoms with E-state index in [-0.39, 0.29) is 18.6 Å². The van der Waals surface area contributed by atoms with Gasteiger partial charge in [-0.15, -0.1) is 10.2 Å². The van der Waals surface area contributed by atoms with Crippen molar-refractivity contribution in [3.63, 3.8) is 0 Å². The number of fused-ring (bicyclic) bond motifs is 1. The van der Waals surface area contributed by atoms with Crippen molar-refractivity contribution in [3.8, 4) is 0 Å². The van der Waals surface area contributed by atoms with Crippen LogP contribution in [0.15, 0.2) is 0 Å². The fraction of sp³-hybridized carbons (Fsp3) is 0.750. The highest BCUT2D eigenvalue weighted by Gasteiger charge is 2.17. The molecular formula is C12H20N4O2. The average molecular weight is 252 g/mol. The number of aryl methyl sites for hydroxylation is 1. The van der Waals surface area contributed by atoms with Crippen LogP contribution < -0.4 is 5.32 Å². The van der Waals surface area contributed by atoms with Crippen LogP contribution in [-0.4, -0.2) is 33.4 Å². The van der Waals surface area contributed by atoms with Gasteiger partial charge in [-0.3, -0.25) is 14.7 Å².